The van der Waals surface area contributed by atoms with Gasteiger partial charge >= 0.3 is 6.03 Å². The first-order valence-corrected chi connectivity index (χ1v) is 10.9. The van der Waals surface area contributed by atoms with Gasteiger partial charge in [-0.1, -0.05) is 11.6 Å². The highest BCUT2D eigenvalue weighted by molar-refractivity contribution is 6.35. The van der Waals surface area contributed by atoms with Gasteiger partial charge in [-0.25, -0.2) is 24.1 Å². The number of hydrogen-bond donors (Lipinski definition) is 2. The second kappa shape index (κ2) is 8.74. The van der Waals surface area contributed by atoms with E-state index in [2.05, 4.69) is 20.3 Å². The third-order valence-electron chi connectivity index (χ3n) is 5.83. The van der Waals surface area contributed by atoms with Crippen molar-refractivity contribution in [1.82, 2.24) is 34.7 Å². The normalized spacial score (nSPS) is 13.4. The third-order valence-corrected chi connectivity index (χ3v) is 6.13. The van der Waals surface area contributed by atoms with E-state index in [-0.39, 0.29) is 18.1 Å². The van der Waals surface area contributed by atoms with Gasteiger partial charge < -0.3 is 19.8 Å². The zero-order chi connectivity index (χ0) is 23.0. The first-order valence-electron chi connectivity index (χ1n) is 10.6. The van der Waals surface area contributed by atoms with Crippen LogP contribution < -0.4 is 5.32 Å². The van der Waals surface area contributed by atoms with Crippen molar-refractivity contribution in [3.63, 3.8) is 0 Å². The molecule has 8 nitrogen and oxygen atoms in total. The summed E-state index contributed by atoms with van der Waals surface area (Å²) in [5.41, 5.74) is 1.84. The Hall–Kier alpha value is -3.20. The summed E-state index contributed by atoms with van der Waals surface area (Å²) in [5, 5.41) is 4.87. The number of carbonyl (C=O) groups excluding carboxylic acids is 1. The van der Waals surface area contributed by atoms with Crippen LogP contribution in [0.5, 0.6) is 0 Å². The van der Waals surface area contributed by atoms with Gasteiger partial charge in [0.2, 0.25) is 0 Å². The SMILES string of the molecule is CCN(CC)C(=O)N[C@@H](C)[C@H](C)n1cc(Cl)c2cnc(-c3c[nH]c4ncc(F)cc34)nc21. The minimum atomic E-state index is -0.433. The number of fused-ring (bicyclic) bond motifs is 2. The molecule has 0 aromatic carbocycles. The maximum absolute atomic E-state index is 13.8. The van der Waals surface area contributed by atoms with Crippen molar-refractivity contribution in [3.05, 3.63) is 41.7 Å². The average Bonchev–Trinajstić information content (AvgIpc) is 3.34. The van der Waals surface area contributed by atoms with Gasteiger partial charge in [-0.2, -0.15) is 0 Å². The number of rotatable bonds is 6. The summed E-state index contributed by atoms with van der Waals surface area (Å²) in [6.07, 6.45) is 6.33. The second-order valence-corrected chi connectivity index (χ2v) is 8.13. The summed E-state index contributed by atoms with van der Waals surface area (Å²) < 4.78 is 15.7. The molecule has 168 valence electrons. The van der Waals surface area contributed by atoms with Gasteiger partial charge in [0.25, 0.3) is 0 Å². The van der Waals surface area contributed by atoms with Gasteiger partial charge in [-0.3, -0.25) is 0 Å². The number of halogens is 2. The summed E-state index contributed by atoms with van der Waals surface area (Å²) in [6, 6.07) is 0.982. The van der Waals surface area contributed by atoms with Crippen molar-refractivity contribution in [1.29, 1.82) is 0 Å². The summed E-state index contributed by atoms with van der Waals surface area (Å²) >= 11 is 6.46. The van der Waals surface area contributed by atoms with E-state index in [1.54, 1.807) is 23.5 Å². The molecule has 4 aromatic rings. The number of pyridine rings is 1. The van der Waals surface area contributed by atoms with Crippen LogP contribution in [0.3, 0.4) is 0 Å². The number of aromatic amines is 1. The third kappa shape index (κ3) is 3.88. The minimum absolute atomic E-state index is 0.111. The highest BCUT2D eigenvalue weighted by Crippen LogP contribution is 2.31. The molecule has 0 bridgehead atoms. The Morgan fingerprint density at radius 1 is 1.25 bits per heavy atom. The molecule has 4 aromatic heterocycles. The smallest absolute Gasteiger partial charge is 0.317 e. The minimum Gasteiger partial charge on any atom is -0.345 e. The van der Waals surface area contributed by atoms with Crippen LogP contribution in [0.15, 0.2) is 30.9 Å². The van der Waals surface area contributed by atoms with Crippen LogP contribution in [0.1, 0.15) is 33.7 Å². The number of carbonyl (C=O) groups is 1. The molecule has 32 heavy (non-hydrogen) atoms. The van der Waals surface area contributed by atoms with Crippen LogP contribution in [0, 0.1) is 5.82 Å². The van der Waals surface area contributed by atoms with Crippen molar-refractivity contribution >= 4 is 39.7 Å². The highest BCUT2D eigenvalue weighted by Gasteiger charge is 2.23. The van der Waals surface area contributed by atoms with E-state index >= 15 is 0 Å². The molecule has 2 atom stereocenters. The fourth-order valence-corrected chi connectivity index (χ4v) is 3.99. The Kier molecular flexibility index (Phi) is 6.01. The summed E-state index contributed by atoms with van der Waals surface area (Å²) in [5.74, 6) is -0.00330. The number of nitrogens with zero attached hydrogens (tertiary/aromatic N) is 5. The van der Waals surface area contributed by atoms with E-state index in [4.69, 9.17) is 16.6 Å². The molecule has 0 aliphatic heterocycles. The number of H-pyrrole nitrogens is 1. The predicted octanol–water partition coefficient (Wildman–Crippen LogP) is 4.77. The number of urea groups is 1. The largest absolute Gasteiger partial charge is 0.345 e. The maximum atomic E-state index is 13.8. The fourth-order valence-electron chi connectivity index (χ4n) is 3.75. The molecule has 0 fully saturated rings. The Morgan fingerprint density at radius 3 is 2.72 bits per heavy atom. The molecule has 0 saturated heterocycles. The second-order valence-electron chi connectivity index (χ2n) is 7.72. The van der Waals surface area contributed by atoms with Crippen molar-refractivity contribution in [3.8, 4) is 11.4 Å². The molecule has 0 radical (unpaired) electrons. The lowest BCUT2D eigenvalue weighted by atomic mass is 10.1. The molecular formula is C22H25ClFN7O. The van der Waals surface area contributed by atoms with E-state index in [0.29, 0.717) is 51.6 Å². The molecule has 0 unspecified atom stereocenters. The molecule has 10 heteroatoms. The van der Waals surface area contributed by atoms with Crippen LogP contribution >= 0.6 is 11.6 Å². The van der Waals surface area contributed by atoms with Gasteiger partial charge in [-0.05, 0) is 33.8 Å². The molecule has 0 saturated carbocycles. The molecule has 0 aliphatic rings. The fraction of sp³-hybridized carbons (Fsp3) is 0.364. The number of nitrogens with one attached hydrogen (secondary N) is 2. The van der Waals surface area contributed by atoms with Crippen LogP contribution in [0.2, 0.25) is 5.02 Å². The first-order chi connectivity index (χ1) is 15.3. The summed E-state index contributed by atoms with van der Waals surface area (Å²) in [6.45, 7) is 9.11. The van der Waals surface area contributed by atoms with Gasteiger partial charge in [0.1, 0.15) is 17.1 Å². The molecule has 2 amide bonds. The number of aromatic nitrogens is 5. The summed E-state index contributed by atoms with van der Waals surface area (Å²) in [4.78, 5) is 30.5. The van der Waals surface area contributed by atoms with E-state index in [9.17, 15) is 9.18 Å². The average molecular weight is 458 g/mol. The van der Waals surface area contributed by atoms with Gasteiger partial charge in [0.05, 0.1) is 22.6 Å². The van der Waals surface area contributed by atoms with Crippen LogP contribution in [-0.2, 0) is 0 Å². The maximum Gasteiger partial charge on any atom is 0.317 e. The van der Waals surface area contributed by atoms with Crippen LogP contribution in [0.25, 0.3) is 33.5 Å². The van der Waals surface area contributed by atoms with Crippen LogP contribution in [0.4, 0.5) is 9.18 Å². The Bertz CT molecular complexity index is 1280. The van der Waals surface area contributed by atoms with Gasteiger partial charge in [-0.15, -0.1) is 0 Å². The molecule has 0 aliphatic carbocycles. The Balaban J connectivity index is 1.71. The van der Waals surface area contributed by atoms with Crippen LogP contribution in [-0.4, -0.2) is 54.6 Å². The monoisotopic (exact) mass is 457 g/mol. The van der Waals surface area contributed by atoms with Gasteiger partial charge in [0.15, 0.2) is 5.82 Å². The molecule has 0 spiro atoms. The van der Waals surface area contributed by atoms with Crippen molar-refractivity contribution in [2.75, 3.05) is 13.1 Å². The van der Waals surface area contributed by atoms with E-state index in [1.165, 1.54) is 6.07 Å². The Labute approximate surface area is 189 Å². The van der Waals surface area contributed by atoms with E-state index in [1.807, 2.05) is 32.3 Å². The highest BCUT2D eigenvalue weighted by atomic mass is 35.5. The lowest BCUT2D eigenvalue weighted by molar-refractivity contribution is 0.196. The van der Waals surface area contributed by atoms with Crippen molar-refractivity contribution < 1.29 is 9.18 Å². The quantitative estimate of drug-likeness (QED) is 0.436. The predicted molar refractivity (Wildman–Crippen MR) is 123 cm³/mol. The molecule has 2 N–H and O–H groups in total. The van der Waals surface area contributed by atoms with Gasteiger partial charge in [0, 0.05) is 48.7 Å². The molecular weight excluding hydrogens is 433 g/mol. The zero-order valence-electron chi connectivity index (χ0n) is 18.4. The standard InChI is InChI=1S/C22H25ClFN7O/c1-5-30(6-2)22(32)28-12(3)13(4)31-11-18(23)17-10-27-20(29-21(17)31)16-9-26-19-15(16)7-14(24)8-25-19/h7-13H,5-6H2,1-4H3,(H,25,26)(H,28,32)/t12-,13-/m0/s1. The molecule has 4 rings (SSSR count). The van der Waals surface area contributed by atoms with E-state index in [0.717, 1.165) is 6.20 Å². The topological polar surface area (TPSA) is 91.7 Å². The molecule has 4 heterocycles. The number of hydrogen-bond acceptors (Lipinski definition) is 4. The van der Waals surface area contributed by atoms with Crippen molar-refractivity contribution in [2.45, 2.75) is 39.8 Å². The summed E-state index contributed by atoms with van der Waals surface area (Å²) in [7, 11) is 0. The lowest BCUT2D eigenvalue weighted by Gasteiger charge is -2.27. The Morgan fingerprint density at radius 2 is 2.00 bits per heavy atom. The van der Waals surface area contributed by atoms with Crippen molar-refractivity contribution in [2.24, 2.45) is 0 Å². The lowest BCUT2D eigenvalue weighted by Crippen LogP contribution is -2.46. The number of amides is 2. The first kappa shape index (κ1) is 22.0. The zero-order valence-corrected chi connectivity index (χ0v) is 19.1. The van der Waals surface area contributed by atoms with E-state index < -0.39 is 5.82 Å².